The van der Waals surface area contributed by atoms with Gasteiger partial charge in [0, 0.05) is 15.7 Å². The number of nitrogens with one attached hydrogen (secondary N) is 1. The summed E-state index contributed by atoms with van der Waals surface area (Å²) in [5.41, 5.74) is 3.83. The standard InChI is InChI=1S/C22H22BrNO3/c1-27-18-7-5-14(23)10-16(18)21-20-12-3-2-11(8-12)19(20)15-9-13(22(25)26)4-6-17(15)24-21/h4-7,9-12,19-21,24H,2-3,8H2,1H3,(H,25,26)/t11-,12+,19+,20+,21+/m0/s1. The molecule has 27 heavy (non-hydrogen) atoms. The van der Waals surface area contributed by atoms with Crippen LogP contribution in [0.4, 0.5) is 5.69 Å². The van der Waals surface area contributed by atoms with Crippen LogP contribution in [0.1, 0.15) is 52.7 Å². The molecule has 5 heteroatoms. The van der Waals surface area contributed by atoms with E-state index in [1.54, 1.807) is 13.2 Å². The molecule has 4 nitrogen and oxygen atoms in total. The molecular formula is C22H22BrNO3. The zero-order chi connectivity index (χ0) is 18.7. The van der Waals surface area contributed by atoms with E-state index in [0.717, 1.165) is 15.9 Å². The van der Waals surface area contributed by atoms with Crippen molar-refractivity contribution < 1.29 is 14.6 Å². The Kier molecular flexibility index (Phi) is 3.97. The molecule has 0 amide bonds. The van der Waals surface area contributed by atoms with Crippen molar-refractivity contribution in [1.82, 2.24) is 0 Å². The van der Waals surface area contributed by atoms with Crippen LogP contribution in [0.15, 0.2) is 40.9 Å². The Morgan fingerprint density at radius 1 is 1.15 bits per heavy atom. The third-order valence-electron chi connectivity index (χ3n) is 6.86. The fraction of sp³-hybridized carbons (Fsp3) is 0.409. The van der Waals surface area contributed by atoms with Gasteiger partial charge in [0.25, 0.3) is 0 Å². The summed E-state index contributed by atoms with van der Waals surface area (Å²) in [7, 11) is 1.72. The highest BCUT2D eigenvalue weighted by Crippen LogP contribution is 2.64. The lowest BCUT2D eigenvalue weighted by atomic mass is 9.67. The van der Waals surface area contributed by atoms with Crippen LogP contribution < -0.4 is 10.1 Å². The Morgan fingerprint density at radius 2 is 1.96 bits per heavy atom. The first-order chi connectivity index (χ1) is 13.1. The van der Waals surface area contributed by atoms with Gasteiger partial charge in [0.1, 0.15) is 5.75 Å². The summed E-state index contributed by atoms with van der Waals surface area (Å²) in [5.74, 6) is 2.29. The van der Waals surface area contributed by atoms with Crippen molar-refractivity contribution in [3.63, 3.8) is 0 Å². The topological polar surface area (TPSA) is 58.6 Å². The van der Waals surface area contributed by atoms with E-state index >= 15 is 0 Å². The molecule has 2 aromatic carbocycles. The maximum atomic E-state index is 11.5. The number of carboxylic acid groups (broad SMARTS) is 1. The van der Waals surface area contributed by atoms with Gasteiger partial charge in [-0.2, -0.15) is 0 Å². The highest BCUT2D eigenvalue weighted by Gasteiger charge is 2.54. The van der Waals surface area contributed by atoms with Gasteiger partial charge >= 0.3 is 5.97 Å². The van der Waals surface area contributed by atoms with Gasteiger partial charge in [-0.05, 0) is 84.9 Å². The molecule has 2 N–H and O–H groups in total. The van der Waals surface area contributed by atoms with E-state index in [9.17, 15) is 9.90 Å². The fourth-order valence-electron chi connectivity index (χ4n) is 5.88. The fourth-order valence-corrected chi connectivity index (χ4v) is 6.26. The molecular weight excluding hydrogens is 406 g/mol. The summed E-state index contributed by atoms with van der Waals surface area (Å²) >= 11 is 3.61. The number of anilines is 1. The van der Waals surface area contributed by atoms with Crippen molar-refractivity contribution in [2.24, 2.45) is 17.8 Å². The van der Waals surface area contributed by atoms with Crippen LogP contribution >= 0.6 is 15.9 Å². The van der Waals surface area contributed by atoms with Crippen LogP contribution in [0, 0.1) is 17.8 Å². The normalized spacial score (nSPS) is 30.4. The van der Waals surface area contributed by atoms with E-state index < -0.39 is 5.97 Å². The third-order valence-corrected chi connectivity index (χ3v) is 7.35. The van der Waals surface area contributed by atoms with Gasteiger partial charge in [0.15, 0.2) is 0 Å². The molecule has 0 radical (unpaired) electrons. The van der Waals surface area contributed by atoms with Gasteiger partial charge in [-0.3, -0.25) is 0 Å². The summed E-state index contributed by atoms with van der Waals surface area (Å²) < 4.78 is 6.73. The molecule has 0 spiro atoms. The monoisotopic (exact) mass is 427 g/mol. The summed E-state index contributed by atoms with van der Waals surface area (Å²) in [5, 5.41) is 13.2. The molecule has 140 valence electrons. The summed E-state index contributed by atoms with van der Waals surface area (Å²) in [4.78, 5) is 11.5. The van der Waals surface area contributed by atoms with Crippen LogP contribution in [-0.4, -0.2) is 18.2 Å². The number of halogens is 1. The summed E-state index contributed by atoms with van der Waals surface area (Å²) in [6.45, 7) is 0. The van der Waals surface area contributed by atoms with E-state index in [1.807, 2.05) is 24.3 Å². The van der Waals surface area contributed by atoms with Crippen LogP contribution in [0.25, 0.3) is 0 Å². The van der Waals surface area contributed by atoms with E-state index in [2.05, 4.69) is 27.3 Å². The predicted octanol–water partition coefficient (Wildman–Crippen LogP) is 5.45. The van der Waals surface area contributed by atoms with E-state index in [1.165, 1.54) is 30.4 Å². The Hall–Kier alpha value is -2.01. The quantitative estimate of drug-likeness (QED) is 0.683. The summed E-state index contributed by atoms with van der Waals surface area (Å²) in [6.07, 6.45) is 3.78. The highest BCUT2D eigenvalue weighted by atomic mass is 79.9. The molecule has 1 aliphatic heterocycles. The number of ether oxygens (including phenoxy) is 1. The molecule has 0 unspecified atom stereocenters. The SMILES string of the molecule is COc1ccc(Br)cc1[C@H]1Nc2ccc(C(=O)O)cc2[C@H]2[C@H]3CC[C@H](C3)[C@H]21. The minimum Gasteiger partial charge on any atom is -0.496 e. The van der Waals surface area contributed by atoms with E-state index in [-0.39, 0.29) is 6.04 Å². The molecule has 1 heterocycles. The molecule has 5 rings (SSSR count). The number of carbonyl (C=O) groups is 1. The first-order valence-electron chi connectivity index (χ1n) is 9.54. The number of methoxy groups -OCH3 is 1. The maximum Gasteiger partial charge on any atom is 0.335 e. The average molecular weight is 428 g/mol. The van der Waals surface area contributed by atoms with Gasteiger partial charge in [0.05, 0.1) is 18.7 Å². The second-order valence-corrected chi connectivity index (χ2v) is 8.97. The maximum absolute atomic E-state index is 11.5. The molecule has 0 aromatic heterocycles. The lowest BCUT2D eigenvalue weighted by Crippen LogP contribution is -2.35. The second kappa shape index (κ2) is 6.26. The van der Waals surface area contributed by atoms with E-state index in [4.69, 9.17) is 4.74 Å². The Balaban J connectivity index is 1.65. The first kappa shape index (κ1) is 17.1. The number of benzene rings is 2. The number of hydrogen-bond acceptors (Lipinski definition) is 3. The van der Waals surface area contributed by atoms with Gasteiger partial charge in [-0.1, -0.05) is 15.9 Å². The highest BCUT2D eigenvalue weighted by molar-refractivity contribution is 9.10. The van der Waals surface area contributed by atoms with Crippen molar-refractivity contribution in [3.8, 4) is 5.75 Å². The average Bonchev–Trinajstić information content (AvgIpc) is 3.29. The van der Waals surface area contributed by atoms with Gasteiger partial charge in [0.2, 0.25) is 0 Å². The van der Waals surface area contributed by atoms with Crippen LogP contribution in [0.2, 0.25) is 0 Å². The van der Waals surface area contributed by atoms with Crippen molar-refractivity contribution in [2.45, 2.75) is 31.2 Å². The molecule has 0 saturated heterocycles. The van der Waals surface area contributed by atoms with Crippen LogP contribution in [0.3, 0.4) is 0 Å². The molecule has 2 aromatic rings. The smallest absolute Gasteiger partial charge is 0.335 e. The van der Waals surface area contributed by atoms with Crippen LogP contribution in [-0.2, 0) is 0 Å². The molecule has 5 atom stereocenters. The lowest BCUT2D eigenvalue weighted by molar-refractivity contribution is 0.0696. The third kappa shape index (κ3) is 2.59. The Bertz CT molecular complexity index is 928. The Labute approximate surface area is 167 Å². The molecule has 2 saturated carbocycles. The predicted molar refractivity (Wildman–Crippen MR) is 108 cm³/mol. The van der Waals surface area contributed by atoms with Gasteiger partial charge in [-0.25, -0.2) is 4.79 Å². The second-order valence-electron chi connectivity index (χ2n) is 8.05. The molecule has 3 aliphatic rings. The Morgan fingerprint density at radius 3 is 2.74 bits per heavy atom. The first-order valence-corrected chi connectivity index (χ1v) is 10.3. The number of fused-ring (bicyclic) bond motifs is 7. The molecule has 2 aliphatic carbocycles. The minimum absolute atomic E-state index is 0.181. The van der Waals surface area contributed by atoms with Crippen molar-refractivity contribution in [3.05, 3.63) is 57.6 Å². The zero-order valence-electron chi connectivity index (χ0n) is 15.1. The van der Waals surface area contributed by atoms with Gasteiger partial charge < -0.3 is 15.2 Å². The zero-order valence-corrected chi connectivity index (χ0v) is 16.7. The van der Waals surface area contributed by atoms with E-state index in [0.29, 0.717) is 29.2 Å². The van der Waals surface area contributed by atoms with Crippen LogP contribution in [0.5, 0.6) is 5.75 Å². The number of aromatic carboxylic acids is 1. The summed E-state index contributed by atoms with van der Waals surface area (Å²) in [6, 6.07) is 11.9. The van der Waals surface area contributed by atoms with Crippen molar-refractivity contribution in [2.75, 3.05) is 12.4 Å². The molecule has 2 bridgehead atoms. The lowest BCUT2D eigenvalue weighted by Gasteiger charge is -2.44. The molecule has 2 fully saturated rings. The number of carboxylic acids is 1. The largest absolute Gasteiger partial charge is 0.496 e. The number of hydrogen-bond donors (Lipinski definition) is 2. The van der Waals surface area contributed by atoms with Crippen molar-refractivity contribution >= 4 is 27.6 Å². The van der Waals surface area contributed by atoms with Crippen molar-refractivity contribution in [1.29, 1.82) is 0 Å². The van der Waals surface area contributed by atoms with Gasteiger partial charge in [-0.15, -0.1) is 0 Å². The number of rotatable bonds is 3. The minimum atomic E-state index is -0.853.